The Morgan fingerprint density at radius 2 is 2.13 bits per heavy atom. The van der Waals surface area contributed by atoms with Gasteiger partial charge in [0.25, 0.3) is 0 Å². The first-order valence-electron chi connectivity index (χ1n) is 5.17. The lowest BCUT2D eigenvalue weighted by Gasteiger charge is -2.16. The van der Waals surface area contributed by atoms with Crippen LogP contribution in [0.25, 0.3) is 0 Å². The Morgan fingerprint density at radius 1 is 1.47 bits per heavy atom. The van der Waals surface area contributed by atoms with E-state index in [4.69, 9.17) is 11.6 Å². The minimum atomic E-state index is -0.458. The van der Waals surface area contributed by atoms with Crippen molar-refractivity contribution in [2.24, 2.45) is 5.92 Å². The number of hydrogen-bond donors (Lipinski definition) is 1. The summed E-state index contributed by atoms with van der Waals surface area (Å²) < 4.78 is 0.937. The van der Waals surface area contributed by atoms with Crippen LogP contribution in [-0.2, 0) is 0 Å². The SMILES string of the molecule is CCC(C)CC(O)c1ccc(Br)cc1Cl. The Kier molecular flexibility index (Phi) is 5.10. The molecule has 0 aliphatic heterocycles. The van der Waals surface area contributed by atoms with E-state index in [2.05, 4.69) is 29.8 Å². The van der Waals surface area contributed by atoms with E-state index in [0.717, 1.165) is 22.9 Å². The molecule has 0 aliphatic carbocycles. The predicted octanol–water partition coefficient (Wildman–Crippen LogP) is 4.57. The summed E-state index contributed by atoms with van der Waals surface area (Å²) in [7, 11) is 0. The Morgan fingerprint density at radius 3 is 2.67 bits per heavy atom. The molecule has 84 valence electrons. The number of aliphatic hydroxyl groups excluding tert-OH is 1. The minimum absolute atomic E-state index is 0.458. The first-order valence-corrected chi connectivity index (χ1v) is 6.34. The highest BCUT2D eigenvalue weighted by Crippen LogP contribution is 2.30. The highest BCUT2D eigenvalue weighted by Gasteiger charge is 2.14. The molecule has 1 aromatic rings. The fourth-order valence-electron chi connectivity index (χ4n) is 1.45. The number of halogens is 2. The fourth-order valence-corrected chi connectivity index (χ4v) is 2.25. The smallest absolute Gasteiger partial charge is 0.0807 e. The number of rotatable bonds is 4. The zero-order chi connectivity index (χ0) is 11.4. The van der Waals surface area contributed by atoms with Gasteiger partial charge in [-0.1, -0.05) is 53.9 Å². The van der Waals surface area contributed by atoms with E-state index < -0.39 is 6.10 Å². The second kappa shape index (κ2) is 5.88. The molecule has 15 heavy (non-hydrogen) atoms. The van der Waals surface area contributed by atoms with Crippen molar-refractivity contribution in [3.63, 3.8) is 0 Å². The quantitative estimate of drug-likeness (QED) is 0.861. The summed E-state index contributed by atoms with van der Waals surface area (Å²) in [5.41, 5.74) is 0.820. The molecule has 3 heteroatoms. The maximum atomic E-state index is 9.99. The molecular formula is C12H16BrClO. The van der Waals surface area contributed by atoms with Gasteiger partial charge in [0.1, 0.15) is 0 Å². The largest absolute Gasteiger partial charge is 0.388 e. The molecule has 0 saturated heterocycles. The predicted molar refractivity (Wildman–Crippen MR) is 68.2 cm³/mol. The van der Waals surface area contributed by atoms with Crippen LogP contribution in [0.5, 0.6) is 0 Å². The Balaban J connectivity index is 2.77. The fraction of sp³-hybridized carbons (Fsp3) is 0.500. The first kappa shape index (κ1) is 13.0. The molecule has 0 aliphatic rings. The van der Waals surface area contributed by atoms with Gasteiger partial charge >= 0.3 is 0 Å². The van der Waals surface area contributed by atoms with Crippen LogP contribution in [0.2, 0.25) is 5.02 Å². The molecule has 1 N–H and O–H groups in total. The Labute approximate surface area is 105 Å². The lowest BCUT2D eigenvalue weighted by Crippen LogP contribution is -2.04. The standard InChI is InChI=1S/C12H16BrClO/c1-3-8(2)6-12(15)10-5-4-9(13)7-11(10)14/h4-5,7-8,12,15H,3,6H2,1-2H3. The second-order valence-electron chi connectivity index (χ2n) is 3.93. The molecule has 0 radical (unpaired) electrons. The highest BCUT2D eigenvalue weighted by atomic mass is 79.9. The van der Waals surface area contributed by atoms with Crippen molar-refractivity contribution in [3.05, 3.63) is 33.3 Å². The van der Waals surface area contributed by atoms with E-state index in [1.165, 1.54) is 0 Å². The second-order valence-corrected chi connectivity index (χ2v) is 5.25. The topological polar surface area (TPSA) is 20.2 Å². The van der Waals surface area contributed by atoms with Crippen LogP contribution in [0, 0.1) is 5.92 Å². The van der Waals surface area contributed by atoms with Gasteiger partial charge in [-0.15, -0.1) is 0 Å². The third kappa shape index (κ3) is 3.78. The lowest BCUT2D eigenvalue weighted by molar-refractivity contribution is 0.146. The maximum Gasteiger partial charge on any atom is 0.0807 e. The molecule has 2 atom stereocenters. The number of benzene rings is 1. The zero-order valence-corrected chi connectivity index (χ0v) is 11.3. The molecule has 1 rings (SSSR count). The van der Waals surface area contributed by atoms with E-state index in [1.807, 2.05) is 18.2 Å². The molecule has 0 saturated carbocycles. The van der Waals surface area contributed by atoms with Crippen LogP contribution in [-0.4, -0.2) is 5.11 Å². The van der Waals surface area contributed by atoms with Crippen LogP contribution in [0.3, 0.4) is 0 Å². The highest BCUT2D eigenvalue weighted by molar-refractivity contribution is 9.10. The number of aliphatic hydroxyl groups is 1. The normalized spacial score (nSPS) is 15.0. The van der Waals surface area contributed by atoms with Gasteiger partial charge in [0.2, 0.25) is 0 Å². The monoisotopic (exact) mass is 290 g/mol. The van der Waals surface area contributed by atoms with Crippen LogP contribution >= 0.6 is 27.5 Å². The van der Waals surface area contributed by atoms with Gasteiger partial charge in [0.15, 0.2) is 0 Å². The summed E-state index contributed by atoms with van der Waals surface area (Å²) in [4.78, 5) is 0. The van der Waals surface area contributed by atoms with Gasteiger partial charge in [-0.25, -0.2) is 0 Å². The van der Waals surface area contributed by atoms with Crippen molar-refractivity contribution in [3.8, 4) is 0 Å². The average Bonchev–Trinajstić information content (AvgIpc) is 2.17. The van der Waals surface area contributed by atoms with E-state index >= 15 is 0 Å². The summed E-state index contributed by atoms with van der Waals surface area (Å²) in [6.45, 7) is 4.26. The van der Waals surface area contributed by atoms with E-state index in [-0.39, 0.29) is 0 Å². The van der Waals surface area contributed by atoms with Crippen LogP contribution in [0.1, 0.15) is 38.4 Å². The summed E-state index contributed by atoms with van der Waals surface area (Å²) in [5, 5.41) is 10.6. The van der Waals surface area contributed by atoms with E-state index in [0.29, 0.717) is 10.9 Å². The van der Waals surface area contributed by atoms with Gasteiger partial charge in [0.05, 0.1) is 6.10 Å². The average molecular weight is 292 g/mol. The van der Waals surface area contributed by atoms with Gasteiger partial charge < -0.3 is 5.11 Å². The third-order valence-electron chi connectivity index (χ3n) is 2.64. The molecule has 1 nitrogen and oxygen atoms in total. The minimum Gasteiger partial charge on any atom is -0.388 e. The molecule has 0 bridgehead atoms. The first-order chi connectivity index (χ1) is 7.04. The Hall–Kier alpha value is -0.0500. The summed E-state index contributed by atoms with van der Waals surface area (Å²) >= 11 is 9.40. The van der Waals surface area contributed by atoms with Crippen LogP contribution in [0.4, 0.5) is 0 Å². The van der Waals surface area contributed by atoms with Gasteiger partial charge in [-0.05, 0) is 30.0 Å². The van der Waals surface area contributed by atoms with Crippen molar-refractivity contribution >= 4 is 27.5 Å². The number of hydrogen-bond acceptors (Lipinski definition) is 1. The molecule has 0 aromatic heterocycles. The molecule has 0 amide bonds. The van der Waals surface area contributed by atoms with Crippen molar-refractivity contribution in [1.82, 2.24) is 0 Å². The Bertz CT molecular complexity index is 327. The lowest BCUT2D eigenvalue weighted by atomic mass is 9.96. The van der Waals surface area contributed by atoms with Gasteiger partial charge in [-0.3, -0.25) is 0 Å². The molecule has 0 fully saturated rings. The summed E-state index contributed by atoms with van der Waals surface area (Å²) in [6, 6.07) is 5.59. The van der Waals surface area contributed by atoms with E-state index in [9.17, 15) is 5.11 Å². The van der Waals surface area contributed by atoms with Gasteiger partial charge in [-0.2, -0.15) is 0 Å². The van der Waals surface area contributed by atoms with E-state index in [1.54, 1.807) is 0 Å². The molecular weight excluding hydrogens is 275 g/mol. The van der Waals surface area contributed by atoms with Crippen LogP contribution < -0.4 is 0 Å². The van der Waals surface area contributed by atoms with Gasteiger partial charge in [0, 0.05) is 9.50 Å². The van der Waals surface area contributed by atoms with Crippen molar-refractivity contribution < 1.29 is 5.11 Å². The zero-order valence-electron chi connectivity index (χ0n) is 9.00. The third-order valence-corrected chi connectivity index (χ3v) is 3.46. The molecule has 2 unspecified atom stereocenters. The molecule has 0 heterocycles. The van der Waals surface area contributed by atoms with Crippen molar-refractivity contribution in [2.45, 2.75) is 32.8 Å². The molecule has 1 aromatic carbocycles. The van der Waals surface area contributed by atoms with Crippen molar-refractivity contribution in [2.75, 3.05) is 0 Å². The maximum absolute atomic E-state index is 9.99. The van der Waals surface area contributed by atoms with Crippen LogP contribution in [0.15, 0.2) is 22.7 Å². The summed E-state index contributed by atoms with van der Waals surface area (Å²) in [6.07, 6.45) is 1.38. The molecule has 0 spiro atoms. The van der Waals surface area contributed by atoms with Crippen molar-refractivity contribution in [1.29, 1.82) is 0 Å². The summed E-state index contributed by atoms with van der Waals surface area (Å²) in [5.74, 6) is 0.514.